The summed E-state index contributed by atoms with van der Waals surface area (Å²) in [5.41, 5.74) is 0.787. The van der Waals surface area contributed by atoms with E-state index < -0.39 is 137 Å². The number of hydrogen-bond acceptors (Lipinski definition) is 27. The Balaban J connectivity index is 0.000000279. The number of hydrogen-bond donors (Lipinski definition) is 11. The van der Waals surface area contributed by atoms with E-state index in [9.17, 15) is 75.0 Å². The Bertz CT molecular complexity index is 4290. The SMILES string of the molecule is C=C(COC(=O)C(O)C/C=C\C[C@@H]1O[C@@H]2/C=C/C/C=C/C(C)=C\[C@H]3O[C@@H](C/C=C/C=C/C(=O)O[C@H](C2)[C@@]1(C)CO)CC(O)(O)[C@H]3C)C(O)CC(C)C.CC1=C/[C@H]2O[C@@H](C/C=C/C=C/C(=O)O[C@@H]3C[C@@H](/C=C/C\C=C\1)O[C@@H](C/C=C\CCO)[C@]3(C)CO)C[C@H](O)[C@H]2C.CCOC(=O)C(O)C/C=C\C[C@@H]1O[C@@H]2/C=C/C/C=C/C(C)=C\[C@H]3O[C@@H](C/C=C/C=C/C(=O)O[C@H](C2)[C@@]1(C)CO)C[C@H](O)[C@H]3C. The molecule has 6 saturated heterocycles. The van der Waals surface area contributed by atoms with Crippen LogP contribution in [0.3, 0.4) is 0 Å². The van der Waals surface area contributed by atoms with Crippen LogP contribution in [0.15, 0.2) is 229 Å². The van der Waals surface area contributed by atoms with Crippen LogP contribution in [0.25, 0.3) is 0 Å². The molecule has 0 aromatic carbocycles. The number of allylic oxidation sites excluding steroid dienone is 18. The summed E-state index contributed by atoms with van der Waals surface area (Å²) in [7, 11) is 0. The molecule has 27 heteroatoms. The molecule has 750 valence electrons. The number of ether oxygens (including phenoxy) is 11. The Morgan fingerprint density at radius 3 is 1.21 bits per heavy atom. The topological polar surface area (TPSA) is 409 Å². The first-order chi connectivity index (χ1) is 64.4. The van der Waals surface area contributed by atoms with E-state index >= 15 is 0 Å². The van der Waals surface area contributed by atoms with Gasteiger partial charge in [0.15, 0.2) is 18.0 Å². The van der Waals surface area contributed by atoms with E-state index in [2.05, 4.69) is 30.9 Å². The van der Waals surface area contributed by atoms with Crippen molar-refractivity contribution >= 4 is 29.8 Å². The zero-order chi connectivity index (χ0) is 98.8. The molecule has 9 rings (SSSR count). The number of fused-ring (bicyclic) bond motifs is 12. The molecule has 6 fully saturated rings. The first-order valence-corrected chi connectivity index (χ1v) is 48.2. The third-order valence-electron chi connectivity index (χ3n) is 26.5. The minimum absolute atomic E-state index is 0.00781. The third kappa shape index (κ3) is 37.1. The van der Waals surface area contributed by atoms with Gasteiger partial charge < -0.3 is 108 Å². The maximum Gasteiger partial charge on any atom is 0.335 e. The van der Waals surface area contributed by atoms with Gasteiger partial charge in [0.05, 0.1) is 134 Å². The summed E-state index contributed by atoms with van der Waals surface area (Å²) < 4.78 is 65.7. The van der Waals surface area contributed by atoms with Gasteiger partial charge in [0.1, 0.15) is 24.9 Å². The lowest BCUT2D eigenvalue weighted by molar-refractivity contribution is -0.270. The quantitative estimate of drug-likeness (QED) is 0.0196. The van der Waals surface area contributed by atoms with Crippen LogP contribution >= 0.6 is 0 Å². The first kappa shape index (κ1) is 114. The predicted octanol–water partition coefficient (Wildman–Crippen LogP) is 13.6. The fraction of sp³-hybridized carbons (Fsp3) is 0.602. The maximum absolute atomic E-state index is 13.0. The van der Waals surface area contributed by atoms with Crippen molar-refractivity contribution in [3.63, 3.8) is 0 Å². The van der Waals surface area contributed by atoms with E-state index in [1.807, 2.05) is 153 Å². The second-order valence-corrected chi connectivity index (χ2v) is 38.1. The largest absolute Gasteiger partial charge is 0.464 e. The van der Waals surface area contributed by atoms with Crippen LogP contribution in [-0.4, -0.2) is 254 Å². The second-order valence-electron chi connectivity index (χ2n) is 38.1. The zero-order valence-corrected chi connectivity index (χ0v) is 81.2. The molecule has 11 N–H and O–H groups in total. The van der Waals surface area contributed by atoms with Crippen LogP contribution in [0.5, 0.6) is 0 Å². The highest BCUT2D eigenvalue weighted by atomic mass is 16.6. The molecule has 3 unspecified atom stereocenters. The fourth-order valence-electron chi connectivity index (χ4n) is 17.4. The standard InChI is InChI=1S/C41H60O11.C35H50O9.C32H46O7/c1-27(2)21-34(44)29(4)25-49-39(46)33(43)18-13-14-19-36-40(6,26-42)37-23-31(51-36)16-10-7-9-15-28(3)22-35-30(5)41(47,48)24-32(50-35)17-11-8-12-20-38(45)52-37;1-5-41-34(40)28(37)17-12-13-18-31-35(4,23-36)32-22-27(43-31)16-9-6-8-14-24(2)20-30-25(3)29(38)21-26(42-30)15-10-7-11-19-33(39)44-32;1-23-13-7-4-8-15-26-21-30(32(3,22-34)29(38-26)16-10-6-12-18-33)39-31(36)17-11-5-9-14-25-20-27(35)24(2)28(19-23)37-25/h8-16,20,22,27,30-37,42-44,47-48H,4,7,17-19,21,23-26H2,1-3,5-6H3;7-14,16,19-20,25-32,36-38H,5-6,15,17-18,21-23H2,1-4H3;5-11,13,15,17,19,24-30,33-35H,4,12,14,16,18,20-22H2,1-3H3/b11-8+,14-13-,15-9+,16-10+,20-12+,28-22-;10-7+,13-12-,14-8+,16-9+,19-11+,24-20-;9-5+,10-6-,13-7+,15-8+,17-11+,23-19-/t30-,31+,32-,33?,34?,35+,36-,37+,40-;25-,26+,27-,28?,29+,30-,31+,32-,35+;24-,25+,26-,27+,28-,29+,30-,32+/m011/s1. The first-order valence-electron chi connectivity index (χ1n) is 48.2. The Labute approximate surface area is 799 Å². The summed E-state index contributed by atoms with van der Waals surface area (Å²) in [6, 6.07) is 0. The molecule has 9 aliphatic rings. The van der Waals surface area contributed by atoms with E-state index in [0.29, 0.717) is 108 Å². The summed E-state index contributed by atoms with van der Waals surface area (Å²) in [5.74, 6) is -5.24. The molecule has 0 aliphatic carbocycles. The van der Waals surface area contributed by atoms with Gasteiger partial charge in [0.2, 0.25) is 0 Å². The van der Waals surface area contributed by atoms with Crippen molar-refractivity contribution in [1.82, 2.24) is 0 Å². The number of aliphatic hydroxyl groups is 11. The Hall–Kier alpha value is -8.27. The number of carbonyl (C=O) groups excluding carboxylic acids is 5. The molecule has 0 aromatic rings. The molecule has 26 atom stereocenters. The summed E-state index contributed by atoms with van der Waals surface area (Å²) in [4.78, 5) is 62.7. The highest BCUT2D eigenvalue weighted by Crippen LogP contribution is 2.45. The van der Waals surface area contributed by atoms with Crippen molar-refractivity contribution in [3.8, 4) is 0 Å². The minimum Gasteiger partial charge on any atom is -0.464 e. The number of carbonyl (C=O) groups is 5. The fourth-order valence-corrected chi connectivity index (χ4v) is 17.4. The van der Waals surface area contributed by atoms with Gasteiger partial charge in [0, 0.05) is 94.0 Å². The van der Waals surface area contributed by atoms with E-state index in [-0.39, 0.29) is 119 Å². The van der Waals surface area contributed by atoms with Crippen molar-refractivity contribution in [2.75, 3.05) is 39.6 Å². The number of aliphatic hydroxyl groups excluding tert-OH is 9. The van der Waals surface area contributed by atoms with Crippen molar-refractivity contribution in [2.45, 2.75) is 333 Å². The molecule has 0 saturated carbocycles. The number of esters is 5. The van der Waals surface area contributed by atoms with Crippen LogP contribution in [-0.2, 0) is 76.1 Å². The van der Waals surface area contributed by atoms with Gasteiger partial charge in [-0.05, 0) is 110 Å². The van der Waals surface area contributed by atoms with Crippen molar-refractivity contribution in [1.29, 1.82) is 0 Å². The maximum atomic E-state index is 13.0. The molecule has 12 bridgehead atoms. The van der Waals surface area contributed by atoms with Gasteiger partial charge in [-0.1, -0.05) is 261 Å². The molecular formula is C108H156O27. The molecule has 9 heterocycles. The molecule has 9 aliphatic heterocycles. The van der Waals surface area contributed by atoms with Gasteiger partial charge in [-0.15, -0.1) is 0 Å². The van der Waals surface area contributed by atoms with E-state index in [4.69, 9.17) is 57.2 Å². The second kappa shape index (κ2) is 57.9. The third-order valence-corrected chi connectivity index (χ3v) is 26.5. The van der Waals surface area contributed by atoms with Gasteiger partial charge >= 0.3 is 29.8 Å². The van der Waals surface area contributed by atoms with Gasteiger partial charge in [-0.25, -0.2) is 24.0 Å². The summed E-state index contributed by atoms with van der Waals surface area (Å²) in [6.07, 6.45) is 58.6. The minimum atomic E-state index is -1.88. The predicted molar refractivity (Wildman–Crippen MR) is 517 cm³/mol. The summed E-state index contributed by atoms with van der Waals surface area (Å²) in [5, 5.41) is 114. The van der Waals surface area contributed by atoms with Crippen molar-refractivity contribution < 1.29 is 132 Å². The summed E-state index contributed by atoms with van der Waals surface area (Å²) in [6.45, 7) is 26.0. The molecule has 0 spiro atoms. The van der Waals surface area contributed by atoms with Gasteiger partial charge in [0.25, 0.3) is 0 Å². The number of rotatable bonds is 23. The van der Waals surface area contributed by atoms with Crippen LogP contribution in [0, 0.1) is 39.9 Å². The highest BCUT2D eigenvalue weighted by molar-refractivity contribution is 5.83. The lowest BCUT2D eigenvalue weighted by Gasteiger charge is -2.47. The van der Waals surface area contributed by atoms with E-state index in [0.717, 1.165) is 16.7 Å². The Kier molecular flexibility index (Phi) is 48.8. The Morgan fingerprint density at radius 2 is 0.837 bits per heavy atom. The van der Waals surface area contributed by atoms with E-state index in [1.165, 1.54) is 18.2 Å². The van der Waals surface area contributed by atoms with Crippen LogP contribution < -0.4 is 0 Å². The van der Waals surface area contributed by atoms with Crippen molar-refractivity contribution in [3.05, 3.63) is 229 Å². The van der Waals surface area contributed by atoms with Crippen LogP contribution in [0.2, 0.25) is 0 Å². The van der Waals surface area contributed by atoms with Crippen molar-refractivity contribution in [2.24, 2.45) is 39.9 Å². The highest BCUT2D eigenvalue weighted by Gasteiger charge is 2.53. The normalized spacial score (nSPS) is 37.7. The molecule has 27 nitrogen and oxygen atoms in total. The lowest BCUT2D eigenvalue weighted by atomic mass is 9.73. The zero-order valence-electron chi connectivity index (χ0n) is 81.2. The smallest absolute Gasteiger partial charge is 0.335 e. The lowest BCUT2D eigenvalue weighted by Crippen LogP contribution is -2.55. The van der Waals surface area contributed by atoms with Crippen LogP contribution in [0.4, 0.5) is 0 Å². The van der Waals surface area contributed by atoms with E-state index in [1.54, 1.807) is 87.6 Å². The molecule has 0 radical (unpaired) electrons. The molecule has 0 amide bonds. The average Bonchev–Trinajstić information content (AvgIpc) is 0.789. The monoisotopic (exact) mass is 1890 g/mol. The van der Waals surface area contributed by atoms with Crippen LogP contribution in [0.1, 0.15) is 205 Å². The Morgan fingerprint density at radius 1 is 0.474 bits per heavy atom. The molecular weight excluding hydrogens is 1730 g/mol. The van der Waals surface area contributed by atoms with Gasteiger partial charge in [-0.3, -0.25) is 0 Å². The average molecular weight is 1890 g/mol. The van der Waals surface area contributed by atoms with Gasteiger partial charge in [-0.2, -0.15) is 0 Å². The molecule has 0 aromatic heterocycles. The molecule has 135 heavy (non-hydrogen) atoms. The summed E-state index contributed by atoms with van der Waals surface area (Å²) >= 11 is 0.